The standard InChI is InChI=1S/C13H19N3O3S/c1-19-12(17)11(10-3-8-20-9-10)15-4-2-5-16(7-6-15)13(14)18/h3,8-9,11H,2,4-7H2,1H3,(H2,14,18). The van der Waals surface area contributed by atoms with Gasteiger partial charge in [-0.15, -0.1) is 0 Å². The molecule has 2 rings (SSSR count). The number of amides is 2. The molecule has 0 saturated carbocycles. The van der Waals surface area contributed by atoms with Crippen molar-refractivity contribution in [3.63, 3.8) is 0 Å². The molecule has 2 heterocycles. The minimum absolute atomic E-state index is 0.268. The van der Waals surface area contributed by atoms with Gasteiger partial charge in [0.1, 0.15) is 6.04 Å². The van der Waals surface area contributed by atoms with Gasteiger partial charge < -0.3 is 15.4 Å². The Morgan fingerprint density at radius 2 is 2.15 bits per heavy atom. The number of carbonyl (C=O) groups is 2. The molecule has 0 spiro atoms. The highest BCUT2D eigenvalue weighted by atomic mass is 32.1. The van der Waals surface area contributed by atoms with E-state index in [1.165, 1.54) is 7.11 Å². The molecule has 1 unspecified atom stereocenters. The minimum Gasteiger partial charge on any atom is -0.468 e. The van der Waals surface area contributed by atoms with E-state index in [1.807, 2.05) is 16.8 Å². The summed E-state index contributed by atoms with van der Waals surface area (Å²) in [5.41, 5.74) is 6.26. The monoisotopic (exact) mass is 297 g/mol. The van der Waals surface area contributed by atoms with Gasteiger partial charge >= 0.3 is 12.0 Å². The first-order valence-electron chi connectivity index (χ1n) is 6.52. The van der Waals surface area contributed by atoms with Crippen LogP contribution in [-0.4, -0.2) is 55.1 Å². The Kier molecular flexibility index (Phi) is 4.97. The molecular weight excluding hydrogens is 278 g/mol. The second kappa shape index (κ2) is 6.71. The second-order valence-corrected chi connectivity index (χ2v) is 5.48. The van der Waals surface area contributed by atoms with Crippen LogP contribution in [-0.2, 0) is 9.53 Å². The van der Waals surface area contributed by atoms with Gasteiger partial charge in [0.15, 0.2) is 0 Å². The van der Waals surface area contributed by atoms with Gasteiger partial charge in [0.2, 0.25) is 0 Å². The maximum atomic E-state index is 12.1. The molecule has 7 heteroatoms. The van der Waals surface area contributed by atoms with Gasteiger partial charge in [-0.1, -0.05) is 0 Å². The van der Waals surface area contributed by atoms with E-state index in [9.17, 15) is 9.59 Å². The van der Waals surface area contributed by atoms with E-state index >= 15 is 0 Å². The van der Waals surface area contributed by atoms with Crippen molar-refractivity contribution in [3.8, 4) is 0 Å². The van der Waals surface area contributed by atoms with E-state index in [4.69, 9.17) is 10.5 Å². The van der Waals surface area contributed by atoms with Crippen LogP contribution in [0.25, 0.3) is 0 Å². The van der Waals surface area contributed by atoms with Crippen LogP contribution in [0.15, 0.2) is 16.8 Å². The van der Waals surface area contributed by atoms with Gasteiger partial charge in [-0.05, 0) is 28.8 Å². The quantitative estimate of drug-likeness (QED) is 0.846. The lowest BCUT2D eigenvalue weighted by Crippen LogP contribution is -2.40. The summed E-state index contributed by atoms with van der Waals surface area (Å²) < 4.78 is 4.92. The fourth-order valence-electron chi connectivity index (χ4n) is 2.45. The number of primary amides is 1. The average Bonchev–Trinajstić information content (AvgIpc) is 2.83. The summed E-state index contributed by atoms with van der Waals surface area (Å²) in [6, 6.07) is 1.12. The maximum absolute atomic E-state index is 12.1. The van der Waals surface area contributed by atoms with Crippen molar-refractivity contribution in [2.75, 3.05) is 33.3 Å². The van der Waals surface area contributed by atoms with Crippen molar-refractivity contribution in [3.05, 3.63) is 22.4 Å². The molecule has 2 N–H and O–H groups in total. The second-order valence-electron chi connectivity index (χ2n) is 4.70. The molecule has 1 fully saturated rings. The first-order chi connectivity index (χ1) is 9.63. The Bertz CT molecular complexity index is 463. The third-order valence-corrected chi connectivity index (χ3v) is 4.19. The first-order valence-corrected chi connectivity index (χ1v) is 7.46. The molecule has 110 valence electrons. The molecule has 0 radical (unpaired) electrons. The third kappa shape index (κ3) is 3.29. The van der Waals surface area contributed by atoms with E-state index < -0.39 is 12.1 Å². The number of hydrogen-bond donors (Lipinski definition) is 1. The number of nitrogens with zero attached hydrogens (tertiary/aromatic N) is 2. The molecule has 1 atom stereocenters. The van der Waals surface area contributed by atoms with Gasteiger partial charge in [0.25, 0.3) is 0 Å². The lowest BCUT2D eigenvalue weighted by molar-refractivity contribution is -0.147. The molecule has 1 aliphatic heterocycles. The van der Waals surface area contributed by atoms with E-state index in [0.717, 1.165) is 18.5 Å². The molecule has 2 amide bonds. The number of urea groups is 1. The lowest BCUT2D eigenvalue weighted by Gasteiger charge is -2.28. The molecule has 6 nitrogen and oxygen atoms in total. The van der Waals surface area contributed by atoms with Crippen LogP contribution in [0.2, 0.25) is 0 Å². The van der Waals surface area contributed by atoms with Crippen LogP contribution in [0, 0.1) is 0 Å². The zero-order chi connectivity index (χ0) is 14.5. The molecule has 0 aliphatic carbocycles. The molecule has 1 aromatic rings. The maximum Gasteiger partial charge on any atom is 0.327 e. The predicted molar refractivity (Wildman–Crippen MR) is 76.4 cm³/mol. The highest BCUT2D eigenvalue weighted by Gasteiger charge is 2.30. The van der Waals surface area contributed by atoms with E-state index in [1.54, 1.807) is 16.2 Å². The van der Waals surface area contributed by atoms with Crippen molar-refractivity contribution in [1.82, 2.24) is 9.80 Å². The summed E-state index contributed by atoms with van der Waals surface area (Å²) in [7, 11) is 1.40. The number of carbonyl (C=O) groups excluding carboxylic acids is 2. The van der Waals surface area contributed by atoms with Crippen molar-refractivity contribution in [1.29, 1.82) is 0 Å². The zero-order valence-electron chi connectivity index (χ0n) is 11.4. The fourth-order valence-corrected chi connectivity index (χ4v) is 3.13. The molecule has 20 heavy (non-hydrogen) atoms. The number of ether oxygens (including phenoxy) is 1. The lowest BCUT2D eigenvalue weighted by atomic mass is 10.1. The van der Waals surface area contributed by atoms with Crippen LogP contribution >= 0.6 is 11.3 Å². The van der Waals surface area contributed by atoms with E-state index in [2.05, 4.69) is 4.90 Å². The summed E-state index contributed by atoms with van der Waals surface area (Å²) in [4.78, 5) is 27.0. The number of hydrogen-bond acceptors (Lipinski definition) is 5. The van der Waals surface area contributed by atoms with Crippen molar-refractivity contribution in [2.24, 2.45) is 5.73 Å². The van der Waals surface area contributed by atoms with E-state index in [-0.39, 0.29) is 5.97 Å². The SMILES string of the molecule is COC(=O)C(c1ccsc1)N1CCCN(C(N)=O)CC1. The molecule has 1 aliphatic rings. The Balaban J connectivity index is 2.13. The summed E-state index contributed by atoms with van der Waals surface area (Å²) in [6.45, 7) is 2.51. The number of methoxy groups -OCH3 is 1. The summed E-state index contributed by atoms with van der Waals surface area (Å²) in [5, 5.41) is 3.90. The normalized spacial score (nSPS) is 18.4. The highest BCUT2D eigenvalue weighted by Crippen LogP contribution is 2.25. The van der Waals surface area contributed by atoms with Gasteiger partial charge in [0.05, 0.1) is 7.11 Å². The largest absolute Gasteiger partial charge is 0.468 e. The molecule has 0 aromatic carbocycles. The summed E-state index contributed by atoms with van der Waals surface area (Å²) in [6.07, 6.45) is 0.792. The fraction of sp³-hybridized carbons (Fsp3) is 0.538. The summed E-state index contributed by atoms with van der Waals surface area (Å²) in [5.74, 6) is -0.268. The van der Waals surface area contributed by atoms with Gasteiger partial charge in [-0.2, -0.15) is 11.3 Å². The van der Waals surface area contributed by atoms with E-state index in [0.29, 0.717) is 19.6 Å². The zero-order valence-corrected chi connectivity index (χ0v) is 12.3. The number of rotatable bonds is 3. The number of esters is 1. The Hall–Kier alpha value is -1.60. The van der Waals surface area contributed by atoms with Crippen molar-refractivity contribution >= 4 is 23.3 Å². The van der Waals surface area contributed by atoms with Crippen LogP contribution in [0.3, 0.4) is 0 Å². The summed E-state index contributed by atoms with van der Waals surface area (Å²) >= 11 is 1.55. The van der Waals surface area contributed by atoms with Crippen LogP contribution < -0.4 is 5.73 Å². The number of nitrogens with two attached hydrogens (primary N) is 1. The predicted octanol–water partition coefficient (Wildman–Crippen LogP) is 1.05. The third-order valence-electron chi connectivity index (χ3n) is 3.49. The van der Waals surface area contributed by atoms with Gasteiger partial charge in [-0.25, -0.2) is 9.59 Å². The van der Waals surface area contributed by atoms with Gasteiger partial charge in [0, 0.05) is 26.2 Å². The van der Waals surface area contributed by atoms with Crippen molar-refractivity contribution in [2.45, 2.75) is 12.5 Å². The molecule has 1 aromatic heterocycles. The topological polar surface area (TPSA) is 75.9 Å². The van der Waals surface area contributed by atoms with Crippen LogP contribution in [0.1, 0.15) is 18.0 Å². The Labute approximate surface area is 122 Å². The first kappa shape index (κ1) is 14.8. The number of thiophene rings is 1. The molecule has 1 saturated heterocycles. The molecule has 0 bridgehead atoms. The highest BCUT2D eigenvalue weighted by molar-refractivity contribution is 7.08. The van der Waals surface area contributed by atoms with Gasteiger partial charge in [-0.3, -0.25) is 4.90 Å². The van der Waals surface area contributed by atoms with Crippen molar-refractivity contribution < 1.29 is 14.3 Å². The molecular formula is C13H19N3O3S. The van der Waals surface area contributed by atoms with Crippen LogP contribution in [0.5, 0.6) is 0 Å². The Morgan fingerprint density at radius 1 is 1.35 bits per heavy atom. The average molecular weight is 297 g/mol. The Morgan fingerprint density at radius 3 is 2.75 bits per heavy atom. The smallest absolute Gasteiger partial charge is 0.327 e. The van der Waals surface area contributed by atoms with Crippen LogP contribution in [0.4, 0.5) is 4.79 Å². The minimum atomic E-state index is -0.406.